The minimum atomic E-state index is -3.32. The lowest BCUT2D eigenvalue weighted by Gasteiger charge is -2.30. The van der Waals surface area contributed by atoms with E-state index in [0.717, 1.165) is 6.26 Å². The van der Waals surface area contributed by atoms with Crippen LogP contribution in [0.5, 0.6) is 0 Å². The monoisotopic (exact) mass is 383 g/mol. The Morgan fingerprint density at radius 3 is 2.73 bits per heavy atom. The van der Waals surface area contributed by atoms with Crippen LogP contribution in [0.2, 0.25) is 0 Å². The predicted octanol–water partition coefficient (Wildman–Crippen LogP) is 0.673. The number of benzene rings is 1. The summed E-state index contributed by atoms with van der Waals surface area (Å²) in [7, 11) is -1.78. The van der Waals surface area contributed by atoms with Gasteiger partial charge in [-0.15, -0.1) is 0 Å². The van der Waals surface area contributed by atoms with Crippen LogP contribution in [0.4, 0.5) is 5.69 Å². The van der Waals surface area contributed by atoms with E-state index in [4.69, 9.17) is 4.74 Å². The molecule has 0 saturated carbocycles. The summed E-state index contributed by atoms with van der Waals surface area (Å²) < 4.78 is 29.6. The van der Waals surface area contributed by atoms with Crippen molar-refractivity contribution in [1.29, 1.82) is 0 Å². The molecule has 8 nitrogen and oxygen atoms in total. The van der Waals surface area contributed by atoms with Gasteiger partial charge in [0.15, 0.2) is 0 Å². The normalized spacial score (nSPS) is 18.3. The molecule has 1 aliphatic rings. The van der Waals surface area contributed by atoms with E-state index in [1.807, 2.05) is 0 Å². The van der Waals surface area contributed by atoms with Gasteiger partial charge in [0.05, 0.1) is 30.0 Å². The molecule has 1 fully saturated rings. The molecule has 1 aromatic carbocycles. The van der Waals surface area contributed by atoms with Crippen molar-refractivity contribution in [2.45, 2.75) is 12.8 Å². The minimum absolute atomic E-state index is 0.160. The number of carbonyl (C=O) groups excluding carboxylic acids is 2. The van der Waals surface area contributed by atoms with Gasteiger partial charge in [-0.2, -0.15) is 0 Å². The van der Waals surface area contributed by atoms with E-state index in [2.05, 4.69) is 10.6 Å². The molecule has 9 heteroatoms. The highest BCUT2D eigenvalue weighted by molar-refractivity contribution is 7.88. The molecular formula is C17H25N3O5S. The Morgan fingerprint density at radius 1 is 1.31 bits per heavy atom. The van der Waals surface area contributed by atoms with Crippen molar-refractivity contribution in [3.05, 3.63) is 29.8 Å². The second kappa shape index (κ2) is 9.11. The van der Waals surface area contributed by atoms with Crippen molar-refractivity contribution in [2.24, 2.45) is 5.92 Å². The highest BCUT2D eigenvalue weighted by Gasteiger charge is 2.30. The number of carbonyl (C=O) groups is 2. The maximum atomic E-state index is 12.6. The smallest absolute Gasteiger partial charge is 0.253 e. The number of amides is 2. The van der Waals surface area contributed by atoms with Crippen LogP contribution in [0.1, 0.15) is 23.2 Å². The third-order valence-corrected chi connectivity index (χ3v) is 5.51. The van der Waals surface area contributed by atoms with E-state index in [1.165, 1.54) is 4.31 Å². The molecule has 1 saturated heterocycles. The molecule has 26 heavy (non-hydrogen) atoms. The molecule has 0 unspecified atom stereocenters. The van der Waals surface area contributed by atoms with Crippen LogP contribution in [0, 0.1) is 5.92 Å². The van der Waals surface area contributed by atoms with E-state index >= 15 is 0 Å². The van der Waals surface area contributed by atoms with Crippen LogP contribution in [0.3, 0.4) is 0 Å². The summed E-state index contributed by atoms with van der Waals surface area (Å²) in [5, 5.41) is 5.49. The zero-order valence-corrected chi connectivity index (χ0v) is 15.8. The van der Waals surface area contributed by atoms with Gasteiger partial charge in [-0.05, 0) is 25.0 Å². The predicted molar refractivity (Wildman–Crippen MR) is 98.4 cm³/mol. The van der Waals surface area contributed by atoms with E-state index in [1.54, 1.807) is 31.4 Å². The van der Waals surface area contributed by atoms with Gasteiger partial charge in [0.1, 0.15) is 0 Å². The number of hydrogen-bond acceptors (Lipinski definition) is 5. The van der Waals surface area contributed by atoms with Gasteiger partial charge in [0.25, 0.3) is 5.91 Å². The van der Waals surface area contributed by atoms with E-state index in [0.29, 0.717) is 43.8 Å². The van der Waals surface area contributed by atoms with Gasteiger partial charge in [-0.3, -0.25) is 9.59 Å². The number of nitrogens with one attached hydrogen (secondary N) is 2. The van der Waals surface area contributed by atoms with Crippen LogP contribution in [-0.4, -0.2) is 64.1 Å². The Balaban J connectivity index is 2.06. The first-order chi connectivity index (χ1) is 12.3. The van der Waals surface area contributed by atoms with Crippen molar-refractivity contribution in [1.82, 2.24) is 9.62 Å². The van der Waals surface area contributed by atoms with Crippen molar-refractivity contribution >= 4 is 27.5 Å². The summed E-state index contributed by atoms with van der Waals surface area (Å²) in [4.78, 5) is 24.9. The van der Waals surface area contributed by atoms with Gasteiger partial charge in [-0.1, -0.05) is 12.1 Å². The number of rotatable bonds is 7. The summed E-state index contributed by atoms with van der Waals surface area (Å²) in [6, 6.07) is 6.72. The molecule has 1 atom stereocenters. The fraction of sp³-hybridized carbons (Fsp3) is 0.529. The van der Waals surface area contributed by atoms with Gasteiger partial charge in [0, 0.05) is 26.7 Å². The van der Waals surface area contributed by atoms with Gasteiger partial charge in [0.2, 0.25) is 15.9 Å². The topological polar surface area (TPSA) is 105 Å². The fourth-order valence-corrected chi connectivity index (χ4v) is 3.76. The van der Waals surface area contributed by atoms with Crippen molar-refractivity contribution in [3.63, 3.8) is 0 Å². The lowest BCUT2D eigenvalue weighted by atomic mass is 9.98. The van der Waals surface area contributed by atoms with Gasteiger partial charge < -0.3 is 15.4 Å². The molecule has 1 aromatic rings. The molecule has 0 radical (unpaired) electrons. The largest absolute Gasteiger partial charge is 0.383 e. The summed E-state index contributed by atoms with van der Waals surface area (Å²) in [5.74, 6) is -1.03. The molecular weight excluding hydrogens is 358 g/mol. The average Bonchev–Trinajstić information content (AvgIpc) is 2.61. The molecule has 0 bridgehead atoms. The average molecular weight is 383 g/mol. The maximum Gasteiger partial charge on any atom is 0.253 e. The van der Waals surface area contributed by atoms with Gasteiger partial charge in [-0.25, -0.2) is 12.7 Å². The zero-order chi connectivity index (χ0) is 19.2. The first kappa shape index (κ1) is 20.3. The Labute approximate surface area is 153 Å². The number of anilines is 1. The number of ether oxygens (including phenoxy) is 1. The first-order valence-corrected chi connectivity index (χ1v) is 10.3. The number of methoxy groups -OCH3 is 1. The Morgan fingerprint density at radius 2 is 2.04 bits per heavy atom. The van der Waals surface area contributed by atoms with Crippen LogP contribution < -0.4 is 10.6 Å². The lowest BCUT2D eigenvalue weighted by Crippen LogP contribution is -2.43. The summed E-state index contributed by atoms with van der Waals surface area (Å²) in [6.07, 6.45) is 2.39. The lowest BCUT2D eigenvalue weighted by molar-refractivity contribution is -0.120. The van der Waals surface area contributed by atoms with Crippen LogP contribution in [0.25, 0.3) is 0 Å². The summed E-state index contributed by atoms with van der Waals surface area (Å²) in [6.45, 7) is 1.35. The number of hydrogen-bond donors (Lipinski definition) is 2. The minimum Gasteiger partial charge on any atom is -0.383 e. The third kappa shape index (κ3) is 5.52. The van der Waals surface area contributed by atoms with Crippen LogP contribution in [0.15, 0.2) is 24.3 Å². The standard InChI is InChI=1S/C17H25N3O5S/c1-25-11-9-18-17(22)14-7-3-4-8-15(14)19-16(21)13-6-5-10-20(12-13)26(2,23)24/h3-4,7-8,13H,5-6,9-12H2,1-2H3,(H,18,22)(H,19,21)/t13-/m0/s1. The molecule has 0 aliphatic carbocycles. The summed E-state index contributed by atoms with van der Waals surface area (Å²) in [5.41, 5.74) is 0.761. The highest BCUT2D eigenvalue weighted by atomic mass is 32.2. The number of piperidine rings is 1. The molecule has 0 aromatic heterocycles. The molecule has 2 rings (SSSR count). The molecule has 2 amide bonds. The van der Waals surface area contributed by atoms with Gasteiger partial charge >= 0.3 is 0 Å². The molecule has 0 spiro atoms. The second-order valence-electron chi connectivity index (χ2n) is 6.24. The number of para-hydroxylation sites is 1. The van der Waals surface area contributed by atoms with Crippen LogP contribution >= 0.6 is 0 Å². The van der Waals surface area contributed by atoms with Crippen molar-refractivity contribution < 1.29 is 22.7 Å². The first-order valence-electron chi connectivity index (χ1n) is 8.45. The Hall–Kier alpha value is -1.97. The molecule has 1 aliphatic heterocycles. The van der Waals surface area contributed by atoms with E-state index in [9.17, 15) is 18.0 Å². The highest BCUT2D eigenvalue weighted by Crippen LogP contribution is 2.22. The molecule has 144 valence electrons. The fourth-order valence-electron chi connectivity index (χ4n) is 2.84. The van der Waals surface area contributed by atoms with E-state index in [-0.39, 0.29) is 18.4 Å². The Kier molecular flexibility index (Phi) is 7.13. The third-order valence-electron chi connectivity index (χ3n) is 4.25. The second-order valence-corrected chi connectivity index (χ2v) is 8.23. The van der Waals surface area contributed by atoms with Crippen molar-refractivity contribution in [2.75, 3.05) is 44.9 Å². The van der Waals surface area contributed by atoms with Crippen molar-refractivity contribution in [3.8, 4) is 0 Å². The summed E-state index contributed by atoms with van der Waals surface area (Å²) >= 11 is 0. The quantitative estimate of drug-likeness (QED) is 0.674. The zero-order valence-electron chi connectivity index (χ0n) is 15.0. The number of nitrogens with zero attached hydrogens (tertiary/aromatic N) is 1. The Bertz CT molecular complexity index is 751. The molecule has 1 heterocycles. The number of sulfonamides is 1. The van der Waals surface area contributed by atoms with E-state index < -0.39 is 15.9 Å². The van der Waals surface area contributed by atoms with Crippen LogP contribution in [-0.2, 0) is 19.6 Å². The SMILES string of the molecule is COCCNC(=O)c1ccccc1NC(=O)[C@H]1CCCN(S(C)(=O)=O)C1. The maximum absolute atomic E-state index is 12.6. The molecule has 2 N–H and O–H groups in total.